The van der Waals surface area contributed by atoms with E-state index in [9.17, 15) is 0 Å². The third-order valence-corrected chi connectivity index (χ3v) is 3.69. The van der Waals surface area contributed by atoms with E-state index in [1.165, 1.54) is 12.1 Å². The van der Waals surface area contributed by atoms with Crippen molar-refractivity contribution in [1.29, 1.82) is 0 Å². The first kappa shape index (κ1) is 6.14. The summed E-state index contributed by atoms with van der Waals surface area (Å²) in [7, 11) is 0. The van der Waals surface area contributed by atoms with Gasteiger partial charge in [0.15, 0.2) is 0 Å². The third-order valence-electron chi connectivity index (χ3n) is 3.69. The van der Waals surface area contributed by atoms with Crippen molar-refractivity contribution in [2.45, 2.75) is 0 Å². The lowest BCUT2D eigenvalue weighted by molar-refractivity contribution is 1.54. The minimum atomic E-state index is -0.00237. The number of rotatable bonds is 0. The molecule has 0 spiro atoms. The lowest BCUT2D eigenvalue weighted by atomic mass is 10.1. The van der Waals surface area contributed by atoms with Gasteiger partial charge in [-0.3, -0.25) is 0 Å². The maximum atomic E-state index is 8.45. The first-order valence-corrected chi connectivity index (χ1v) is 6.31. The van der Waals surface area contributed by atoms with Crippen LogP contribution in [0.1, 0.15) is 8.22 Å². The van der Waals surface area contributed by atoms with Gasteiger partial charge in [0.25, 0.3) is 0 Å². The average Bonchev–Trinajstić information content (AvgIpc) is 3.11. The van der Waals surface area contributed by atoms with Gasteiger partial charge in [0, 0.05) is 38.1 Å². The Hall–Kier alpha value is -2.74. The predicted molar refractivity (Wildman–Crippen MR) is 85.2 cm³/mol. The molecule has 0 atom stereocenters. The van der Waals surface area contributed by atoms with Crippen LogP contribution in [0.15, 0.2) is 60.5 Å². The second kappa shape index (κ2) is 3.42. The molecule has 0 saturated carbocycles. The van der Waals surface area contributed by atoms with Crippen LogP contribution in [-0.4, -0.2) is 9.97 Å². The Labute approximate surface area is 123 Å². The van der Waals surface area contributed by atoms with Crippen LogP contribution in [0.25, 0.3) is 43.6 Å². The molecule has 3 aromatic carbocycles. The van der Waals surface area contributed by atoms with Crippen molar-refractivity contribution in [2.24, 2.45) is 0 Å². The molecule has 0 saturated heterocycles. The Balaban J connectivity index is 2.16. The molecule has 0 bridgehead atoms. The molecule has 0 aliphatic heterocycles. The molecule has 2 aromatic heterocycles. The monoisotopic (exact) mass is 262 g/mol. The molecule has 5 rings (SSSR count). The Bertz CT molecular complexity index is 1400. The average molecular weight is 262 g/mol. The number of fused-ring (bicyclic) bond motifs is 7. The molecule has 0 unspecified atom stereocenters. The molecular weight excluding hydrogens is 244 g/mol. The molecule has 0 aliphatic rings. The molecule has 0 amide bonds. The van der Waals surface area contributed by atoms with Gasteiger partial charge < -0.3 is 9.97 Å². The molecular formula is C18H12N2. The van der Waals surface area contributed by atoms with Crippen molar-refractivity contribution in [2.75, 3.05) is 0 Å². The number of benzene rings is 3. The number of aromatic nitrogens is 2. The van der Waals surface area contributed by atoms with Gasteiger partial charge in [-0.05, 0) is 18.1 Å². The number of aromatic amines is 2. The Kier molecular flexibility index (Phi) is 1.05. The number of hydrogen-bond donors (Lipinski definition) is 2. The van der Waals surface area contributed by atoms with E-state index < -0.39 is 0 Å². The van der Waals surface area contributed by atoms with E-state index in [1.807, 2.05) is 0 Å². The van der Waals surface area contributed by atoms with Crippen LogP contribution in [-0.2, 0) is 0 Å². The number of hydrogen-bond acceptors (Lipinski definition) is 0. The zero-order valence-corrected chi connectivity index (χ0v) is 10.3. The molecule has 0 fully saturated rings. The minimum absolute atomic E-state index is 0.00237. The molecule has 5 aromatic rings. The quantitative estimate of drug-likeness (QED) is 0.395. The predicted octanol–water partition coefficient (Wildman–Crippen LogP) is 4.96. The first-order valence-electron chi connectivity index (χ1n) is 9.31. The highest BCUT2D eigenvalue weighted by Crippen LogP contribution is 2.35. The molecule has 94 valence electrons. The fourth-order valence-electron chi connectivity index (χ4n) is 2.82. The second-order valence-electron chi connectivity index (χ2n) is 4.78. The van der Waals surface area contributed by atoms with Crippen molar-refractivity contribution in [3.63, 3.8) is 0 Å². The fourth-order valence-corrected chi connectivity index (χ4v) is 2.82. The molecule has 0 aliphatic carbocycles. The van der Waals surface area contributed by atoms with Crippen LogP contribution in [0.5, 0.6) is 0 Å². The number of nitrogens with one attached hydrogen (secondary N) is 2. The van der Waals surface area contributed by atoms with Gasteiger partial charge in [-0.1, -0.05) is 42.4 Å². The van der Waals surface area contributed by atoms with Crippen molar-refractivity contribution in [1.82, 2.24) is 9.97 Å². The van der Waals surface area contributed by atoms with Crippen LogP contribution >= 0.6 is 0 Å². The van der Waals surface area contributed by atoms with E-state index in [1.54, 1.807) is 12.1 Å². The van der Waals surface area contributed by atoms with Crippen LogP contribution in [0.2, 0.25) is 0 Å². The van der Waals surface area contributed by atoms with Gasteiger partial charge in [-0.15, -0.1) is 0 Å². The summed E-state index contributed by atoms with van der Waals surface area (Å²) in [5, 5.41) is 2.34. The smallest absolute Gasteiger partial charge is 0.0645 e. The summed E-state index contributed by atoms with van der Waals surface area (Å²) in [6.45, 7) is 0. The highest BCUT2D eigenvalue weighted by Gasteiger charge is 2.11. The topological polar surface area (TPSA) is 31.6 Å². The summed E-state index contributed by atoms with van der Waals surface area (Å²) in [6, 6.07) is 6.79. The summed E-state index contributed by atoms with van der Waals surface area (Å²) < 4.78 is 48.9. The molecule has 2 nitrogen and oxygen atoms in total. The molecule has 20 heavy (non-hydrogen) atoms. The Morgan fingerprint density at radius 2 is 1.45 bits per heavy atom. The van der Waals surface area contributed by atoms with Crippen LogP contribution in [0.3, 0.4) is 0 Å². The zero-order valence-electron chi connectivity index (χ0n) is 16.3. The maximum absolute atomic E-state index is 8.45. The van der Waals surface area contributed by atoms with E-state index in [0.717, 1.165) is 0 Å². The van der Waals surface area contributed by atoms with E-state index >= 15 is 0 Å². The van der Waals surface area contributed by atoms with Crippen molar-refractivity contribution >= 4 is 43.6 Å². The largest absolute Gasteiger partial charge is 0.354 e. The SMILES string of the molecule is [2H]c1cc([2H])c2[nH]c3c(c([2H])c([2H])c4[nH]c5c([2H])cc([2H])cc5c43)c2c1. The lowest BCUT2D eigenvalue weighted by Crippen LogP contribution is -1.71. The summed E-state index contributed by atoms with van der Waals surface area (Å²) in [5.74, 6) is 0. The minimum Gasteiger partial charge on any atom is -0.354 e. The number of H-pyrrole nitrogens is 2. The first-order chi connectivity index (χ1) is 12.4. The highest BCUT2D eigenvalue weighted by molar-refractivity contribution is 6.24. The molecule has 2 heterocycles. The van der Waals surface area contributed by atoms with Gasteiger partial charge in [0.2, 0.25) is 0 Å². The molecule has 2 heteroatoms. The summed E-state index contributed by atoms with van der Waals surface area (Å²) >= 11 is 0. The van der Waals surface area contributed by atoms with E-state index in [0.29, 0.717) is 43.6 Å². The van der Waals surface area contributed by atoms with E-state index in [-0.39, 0.29) is 36.3 Å². The standard InChI is InChI=1S/C18H12N2/c1-3-7-14-11(5-1)12-9-10-16-17(18(12)20-14)13-6-2-4-8-15(13)19-16/h1-10,19-20H/i1D,2D,7D,8D,9D,10D. The molecule has 2 N–H and O–H groups in total. The van der Waals surface area contributed by atoms with Gasteiger partial charge in [0.05, 0.1) is 13.7 Å². The second-order valence-corrected chi connectivity index (χ2v) is 4.78. The van der Waals surface area contributed by atoms with Crippen molar-refractivity contribution in [3.8, 4) is 0 Å². The van der Waals surface area contributed by atoms with Gasteiger partial charge in [0.1, 0.15) is 0 Å². The van der Waals surface area contributed by atoms with E-state index in [4.69, 9.17) is 8.22 Å². The highest BCUT2D eigenvalue weighted by atomic mass is 14.7. The summed E-state index contributed by atoms with van der Waals surface area (Å²) in [5.41, 5.74) is 2.05. The van der Waals surface area contributed by atoms with Crippen molar-refractivity contribution < 1.29 is 8.22 Å². The van der Waals surface area contributed by atoms with Crippen LogP contribution < -0.4 is 0 Å². The normalized spacial score (nSPS) is 16.2. The maximum Gasteiger partial charge on any atom is 0.0645 e. The Morgan fingerprint density at radius 3 is 2.30 bits per heavy atom. The van der Waals surface area contributed by atoms with Crippen LogP contribution in [0, 0.1) is 0 Å². The lowest BCUT2D eigenvalue weighted by Gasteiger charge is -1.94. The number of para-hydroxylation sites is 2. The van der Waals surface area contributed by atoms with Gasteiger partial charge >= 0.3 is 0 Å². The Morgan fingerprint density at radius 1 is 0.700 bits per heavy atom. The fraction of sp³-hybridized carbons (Fsp3) is 0. The van der Waals surface area contributed by atoms with Gasteiger partial charge in [-0.2, -0.15) is 0 Å². The van der Waals surface area contributed by atoms with Crippen molar-refractivity contribution in [3.05, 3.63) is 60.5 Å². The third kappa shape index (κ3) is 1.14. The van der Waals surface area contributed by atoms with Crippen LogP contribution in [0.4, 0.5) is 0 Å². The van der Waals surface area contributed by atoms with Gasteiger partial charge in [-0.25, -0.2) is 0 Å². The van der Waals surface area contributed by atoms with E-state index in [2.05, 4.69) is 9.97 Å². The summed E-state index contributed by atoms with van der Waals surface area (Å²) in [4.78, 5) is 6.25. The summed E-state index contributed by atoms with van der Waals surface area (Å²) in [6.07, 6.45) is 0. The zero-order chi connectivity index (χ0) is 18.3. The molecule has 0 radical (unpaired) electrons.